The SMILES string of the molecule is CCCCCCCCCCCCCCCCCCCCCCCC(=O)OC(COCCCCCCCCCCCCCCCCCCCCC)COC1OC(COC2OC(CO)C(O)C(O)C2O)C(O)C(O)C1O. The van der Waals surface area contributed by atoms with Crippen molar-refractivity contribution < 1.29 is 69.0 Å². The minimum Gasteiger partial charge on any atom is -0.457 e. The minimum atomic E-state index is -1.70. The number of carbonyl (C=O) groups excluding carboxylic acids is 1. The molecule has 11 atom stereocenters. The summed E-state index contributed by atoms with van der Waals surface area (Å²) < 4.78 is 34.5. The molecule has 0 amide bonds. The van der Waals surface area contributed by atoms with E-state index in [2.05, 4.69) is 13.8 Å². The van der Waals surface area contributed by atoms with Gasteiger partial charge < -0.3 is 64.2 Å². The van der Waals surface area contributed by atoms with Crippen LogP contribution in [-0.4, -0.2) is 142 Å². The largest absolute Gasteiger partial charge is 0.457 e. The van der Waals surface area contributed by atoms with Crippen molar-refractivity contribution in [3.8, 4) is 0 Å². The van der Waals surface area contributed by atoms with Crippen molar-refractivity contribution in [3.05, 3.63) is 0 Å². The van der Waals surface area contributed by atoms with E-state index in [4.69, 9.17) is 28.4 Å². The van der Waals surface area contributed by atoms with Gasteiger partial charge in [0, 0.05) is 13.0 Å². The lowest BCUT2D eigenvalue weighted by atomic mass is 9.98. The fraction of sp³-hybridized carbons (Fsp3) is 0.983. The van der Waals surface area contributed by atoms with Crippen LogP contribution in [0.25, 0.3) is 0 Å². The summed E-state index contributed by atoms with van der Waals surface area (Å²) in [4.78, 5) is 13.1. The van der Waals surface area contributed by atoms with Gasteiger partial charge in [-0.15, -0.1) is 0 Å². The smallest absolute Gasteiger partial charge is 0.306 e. The summed E-state index contributed by atoms with van der Waals surface area (Å²) in [5, 5.41) is 72.4. The molecule has 2 fully saturated rings. The third-order valence-corrected chi connectivity index (χ3v) is 15.4. The summed E-state index contributed by atoms with van der Waals surface area (Å²) >= 11 is 0. The van der Waals surface area contributed by atoms with Gasteiger partial charge in [0.2, 0.25) is 0 Å². The van der Waals surface area contributed by atoms with Crippen molar-refractivity contribution in [1.29, 1.82) is 0 Å². The molecule has 7 N–H and O–H groups in total. The molecule has 0 aromatic heterocycles. The van der Waals surface area contributed by atoms with Crippen LogP contribution in [0.2, 0.25) is 0 Å². The molecule has 11 unspecified atom stereocenters. The number of aliphatic hydroxyl groups excluding tert-OH is 7. The number of unbranched alkanes of at least 4 members (excludes halogenated alkanes) is 38. The van der Waals surface area contributed by atoms with Crippen LogP contribution >= 0.6 is 0 Å². The van der Waals surface area contributed by atoms with Crippen LogP contribution in [0.3, 0.4) is 0 Å². The second-order valence-corrected chi connectivity index (χ2v) is 22.3. The van der Waals surface area contributed by atoms with Crippen molar-refractivity contribution in [1.82, 2.24) is 0 Å². The lowest BCUT2D eigenvalue weighted by Gasteiger charge is -2.42. The van der Waals surface area contributed by atoms with Crippen molar-refractivity contribution in [3.63, 3.8) is 0 Å². The van der Waals surface area contributed by atoms with Crippen LogP contribution in [-0.2, 0) is 33.2 Å². The highest BCUT2D eigenvalue weighted by Crippen LogP contribution is 2.27. The van der Waals surface area contributed by atoms with Gasteiger partial charge in [-0.2, -0.15) is 0 Å². The van der Waals surface area contributed by atoms with Crippen LogP contribution in [0.4, 0.5) is 0 Å². The molecule has 0 aromatic rings. The zero-order chi connectivity index (χ0) is 53.7. The van der Waals surface area contributed by atoms with Crippen molar-refractivity contribution in [2.24, 2.45) is 0 Å². The van der Waals surface area contributed by atoms with Crippen LogP contribution in [0.15, 0.2) is 0 Å². The second kappa shape index (κ2) is 47.9. The summed E-state index contributed by atoms with van der Waals surface area (Å²) in [6.45, 7) is 3.78. The third-order valence-electron chi connectivity index (χ3n) is 15.4. The number of ether oxygens (including phenoxy) is 6. The zero-order valence-electron chi connectivity index (χ0n) is 47.4. The van der Waals surface area contributed by atoms with Gasteiger partial charge in [0.05, 0.1) is 26.4 Å². The van der Waals surface area contributed by atoms with Crippen molar-refractivity contribution >= 4 is 5.97 Å². The van der Waals surface area contributed by atoms with E-state index < -0.39 is 80.7 Å². The standard InChI is InChI=1S/C60H116O14/c1-3-5-7-9-11-13-15-17-19-21-23-24-25-27-29-31-33-35-37-39-41-43-52(62)72-49(46-69-44-42-40-38-36-34-32-30-28-26-22-20-18-16-14-12-10-8-6-4-2)47-70-59-58(68)56(66)54(64)51(74-59)48-71-60-57(67)55(65)53(63)50(45-61)73-60/h49-51,53-61,63-68H,3-48H2,1-2H3. The Morgan fingerprint density at radius 1 is 0.392 bits per heavy atom. The number of aliphatic hydroxyl groups is 7. The van der Waals surface area contributed by atoms with E-state index in [1.165, 1.54) is 212 Å². The molecule has 2 aliphatic rings. The highest BCUT2D eigenvalue weighted by Gasteiger charge is 2.47. The van der Waals surface area contributed by atoms with Gasteiger partial charge in [-0.05, 0) is 12.8 Å². The molecular weight excluding hydrogens is 945 g/mol. The van der Waals surface area contributed by atoms with Crippen LogP contribution in [0.1, 0.15) is 277 Å². The quantitative estimate of drug-likeness (QED) is 0.0223. The number of carbonyl (C=O) groups is 1. The molecule has 0 saturated carbocycles. The predicted molar refractivity (Wildman–Crippen MR) is 294 cm³/mol. The van der Waals surface area contributed by atoms with E-state index in [9.17, 15) is 40.5 Å². The van der Waals surface area contributed by atoms with E-state index in [-0.39, 0.29) is 25.6 Å². The lowest BCUT2D eigenvalue weighted by molar-refractivity contribution is -0.332. The Morgan fingerprint density at radius 2 is 0.716 bits per heavy atom. The van der Waals surface area contributed by atoms with E-state index in [0.717, 1.165) is 44.9 Å². The molecule has 440 valence electrons. The van der Waals surface area contributed by atoms with Gasteiger partial charge in [-0.1, -0.05) is 258 Å². The van der Waals surface area contributed by atoms with E-state index >= 15 is 0 Å². The molecule has 0 aromatic carbocycles. The summed E-state index contributed by atoms with van der Waals surface area (Å²) in [7, 11) is 0. The molecule has 0 bridgehead atoms. The minimum absolute atomic E-state index is 0.0712. The van der Waals surface area contributed by atoms with Crippen LogP contribution in [0, 0.1) is 0 Å². The second-order valence-electron chi connectivity index (χ2n) is 22.3. The molecule has 74 heavy (non-hydrogen) atoms. The fourth-order valence-electron chi connectivity index (χ4n) is 10.3. The summed E-state index contributed by atoms with van der Waals surface area (Å²) in [6, 6.07) is 0. The topological polar surface area (TPSA) is 214 Å². The Morgan fingerprint density at radius 3 is 1.09 bits per heavy atom. The highest BCUT2D eigenvalue weighted by atomic mass is 16.7. The molecule has 2 rings (SSSR count). The van der Waals surface area contributed by atoms with Gasteiger partial charge in [-0.25, -0.2) is 0 Å². The maximum atomic E-state index is 13.1. The van der Waals surface area contributed by atoms with E-state index in [1.54, 1.807) is 0 Å². The van der Waals surface area contributed by atoms with E-state index in [1.807, 2.05) is 0 Å². The maximum Gasteiger partial charge on any atom is 0.306 e. The Bertz CT molecular complexity index is 1230. The van der Waals surface area contributed by atoms with Crippen molar-refractivity contribution in [2.45, 2.75) is 345 Å². The molecule has 2 heterocycles. The van der Waals surface area contributed by atoms with E-state index in [0.29, 0.717) is 6.61 Å². The number of rotatable bonds is 52. The first-order valence-corrected chi connectivity index (χ1v) is 31.1. The Balaban J connectivity index is 1.68. The number of hydrogen-bond donors (Lipinski definition) is 7. The summed E-state index contributed by atoms with van der Waals surface area (Å²) in [5.74, 6) is -0.366. The van der Waals surface area contributed by atoms with Crippen LogP contribution in [0.5, 0.6) is 0 Å². The van der Waals surface area contributed by atoms with Gasteiger partial charge in [-0.3, -0.25) is 4.79 Å². The monoisotopic (exact) mass is 1060 g/mol. The molecule has 14 heteroatoms. The molecular formula is C60H116O14. The number of hydrogen-bond acceptors (Lipinski definition) is 14. The van der Waals surface area contributed by atoms with Crippen molar-refractivity contribution in [2.75, 3.05) is 33.0 Å². The first-order valence-electron chi connectivity index (χ1n) is 31.1. The zero-order valence-corrected chi connectivity index (χ0v) is 47.4. The predicted octanol–water partition coefficient (Wildman–Crippen LogP) is 11.6. The lowest BCUT2D eigenvalue weighted by Crippen LogP contribution is -2.61. The Hall–Kier alpha value is -1.01. The van der Waals surface area contributed by atoms with Gasteiger partial charge in [0.1, 0.15) is 54.9 Å². The Labute approximate surface area is 451 Å². The molecule has 0 radical (unpaired) electrons. The molecule has 0 spiro atoms. The first kappa shape index (κ1) is 69.1. The van der Waals surface area contributed by atoms with Crippen LogP contribution < -0.4 is 0 Å². The summed E-state index contributed by atoms with van der Waals surface area (Å²) in [6.07, 6.45) is 35.9. The fourth-order valence-corrected chi connectivity index (χ4v) is 10.3. The maximum absolute atomic E-state index is 13.1. The first-order chi connectivity index (χ1) is 36.1. The average molecular weight is 1060 g/mol. The molecule has 2 aliphatic heterocycles. The highest BCUT2D eigenvalue weighted by molar-refractivity contribution is 5.69. The summed E-state index contributed by atoms with van der Waals surface area (Å²) in [5.41, 5.74) is 0. The molecule has 14 nitrogen and oxygen atoms in total. The van der Waals surface area contributed by atoms with Gasteiger partial charge in [0.25, 0.3) is 0 Å². The van der Waals surface area contributed by atoms with Gasteiger partial charge in [0.15, 0.2) is 12.6 Å². The Kier molecular flexibility index (Phi) is 44.8. The number of esters is 1. The molecule has 0 aliphatic carbocycles. The average Bonchev–Trinajstić information content (AvgIpc) is 3.40. The van der Waals surface area contributed by atoms with Gasteiger partial charge >= 0.3 is 5.97 Å². The third kappa shape index (κ3) is 34.1. The molecule has 2 saturated heterocycles. The normalized spacial score (nSPS) is 24.7.